The van der Waals surface area contributed by atoms with Crippen molar-refractivity contribution < 1.29 is 9.50 Å². The fourth-order valence-electron chi connectivity index (χ4n) is 1.52. The van der Waals surface area contributed by atoms with Crippen LogP contribution in [0.3, 0.4) is 0 Å². The van der Waals surface area contributed by atoms with Crippen LogP contribution in [0, 0.1) is 5.82 Å². The molecule has 0 radical (unpaired) electrons. The molecule has 2 aromatic rings. The monoisotopic (exact) mass is 232 g/mol. The number of hydrogen-bond acceptors (Lipinski definition) is 3. The Hall–Kier alpha value is -1.94. The van der Waals surface area contributed by atoms with Crippen molar-refractivity contribution in [3.63, 3.8) is 0 Å². The zero-order valence-corrected chi connectivity index (χ0v) is 9.23. The van der Waals surface area contributed by atoms with Gasteiger partial charge in [0.2, 0.25) is 0 Å². The van der Waals surface area contributed by atoms with Gasteiger partial charge in [0.15, 0.2) is 0 Å². The molecule has 1 heterocycles. The van der Waals surface area contributed by atoms with Gasteiger partial charge in [-0.25, -0.2) is 4.39 Å². The van der Waals surface area contributed by atoms with Crippen molar-refractivity contribution >= 4 is 0 Å². The van der Waals surface area contributed by atoms with Gasteiger partial charge in [-0.2, -0.15) is 0 Å². The van der Waals surface area contributed by atoms with E-state index < -0.39 is 0 Å². The maximum atomic E-state index is 12.9. The third-order valence-corrected chi connectivity index (χ3v) is 2.39. The molecule has 0 bridgehead atoms. The maximum Gasteiger partial charge on any atom is 0.123 e. The summed E-state index contributed by atoms with van der Waals surface area (Å²) in [5.41, 5.74) is 1.45. The van der Waals surface area contributed by atoms with Crippen molar-refractivity contribution in [1.29, 1.82) is 0 Å². The standard InChI is InChI=1S/C13H13FN2O/c14-11-4-5-13(17)10(7-11)8-15-9-12-3-1-2-6-16-12/h1-7,15,17H,8-9H2. The van der Waals surface area contributed by atoms with Gasteiger partial charge >= 0.3 is 0 Å². The first-order valence-electron chi connectivity index (χ1n) is 5.34. The van der Waals surface area contributed by atoms with Crippen molar-refractivity contribution in [2.24, 2.45) is 0 Å². The van der Waals surface area contributed by atoms with Gasteiger partial charge in [-0.3, -0.25) is 4.98 Å². The second-order valence-corrected chi connectivity index (χ2v) is 3.70. The predicted octanol–water partition coefficient (Wildman–Crippen LogP) is 2.22. The van der Waals surface area contributed by atoms with Crippen LogP contribution < -0.4 is 5.32 Å². The molecule has 88 valence electrons. The number of benzene rings is 1. The number of halogens is 1. The number of pyridine rings is 1. The van der Waals surface area contributed by atoms with E-state index in [-0.39, 0.29) is 11.6 Å². The molecule has 0 fully saturated rings. The van der Waals surface area contributed by atoms with Gasteiger partial charge in [0.1, 0.15) is 11.6 Å². The van der Waals surface area contributed by atoms with Crippen molar-refractivity contribution in [2.75, 3.05) is 0 Å². The van der Waals surface area contributed by atoms with Crippen LogP contribution in [-0.4, -0.2) is 10.1 Å². The Labute approximate surface area is 98.9 Å². The molecule has 0 saturated carbocycles. The number of nitrogens with one attached hydrogen (secondary N) is 1. The third kappa shape index (κ3) is 3.26. The van der Waals surface area contributed by atoms with E-state index in [2.05, 4.69) is 10.3 Å². The first-order valence-corrected chi connectivity index (χ1v) is 5.34. The van der Waals surface area contributed by atoms with Crippen molar-refractivity contribution in [3.8, 4) is 5.75 Å². The minimum Gasteiger partial charge on any atom is -0.508 e. The normalized spacial score (nSPS) is 10.4. The molecule has 0 unspecified atom stereocenters. The highest BCUT2D eigenvalue weighted by atomic mass is 19.1. The summed E-state index contributed by atoms with van der Waals surface area (Å²) in [5.74, 6) is -0.252. The van der Waals surface area contributed by atoms with Gasteiger partial charge in [0, 0.05) is 24.8 Å². The van der Waals surface area contributed by atoms with Crippen molar-refractivity contribution in [3.05, 3.63) is 59.7 Å². The van der Waals surface area contributed by atoms with Gasteiger partial charge in [-0.15, -0.1) is 0 Å². The molecule has 0 spiro atoms. The number of nitrogens with zero attached hydrogens (tertiary/aromatic N) is 1. The average Bonchev–Trinajstić information content (AvgIpc) is 2.35. The van der Waals surface area contributed by atoms with Crippen LogP contribution in [0.4, 0.5) is 4.39 Å². The number of aromatic nitrogens is 1. The fourth-order valence-corrected chi connectivity index (χ4v) is 1.52. The van der Waals surface area contributed by atoms with Crippen LogP contribution in [0.15, 0.2) is 42.6 Å². The highest BCUT2D eigenvalue weighted by Gasteiger charge is 2.02. The molecular formula is C13H13FN2O. The lowest BCUT2D eigenvalue weighted by atomic mass is 10.2. The number of phenolic OH excluding ortho intramolecular Hbond substituents is 1. The Kier molecular flexibility index (Phi) is 3.67. The summed E-state index contributed by atoms with van der Waals surface area (Å²) in [6.45, 7) is 0.983. The molecule has 2 N–H and O–H groups in total. The minimum atomic E-state index is -0.350. The molecular weight excluding hydrogens is 219 g/mol. The van der Waals surface area contributed by atoms with Gasteiger partial charge in [0.25, 0.3) is 0 Å². The summed E-state index contributed by atoms with van der Waals surface area (Å²) in [5, 5.41) is 12.6. The Bertz CT molecular complexity index is 488. The lowest BCUT2D eigenvalue weighted by Gasteiger charge is -2.06. The summed E-state index contributed by atoms with van der Waals surface area (Å²) >= 11 is 0. The van der Waals surface area contributed by atoms with Crippen LogP contribution in [-0.2, 0) is 13.1 Å². The molecule has 1 aromatic heterocycles. The summed E-state index contributed by atoms with van der Waals surface area (Å²) in [7, 11) is 0. The number of hydrogen-bond donors (Lipinski definition) is 2. The van der Waals surface area contributed by atoms with Gasteiger partial charge < -0.3 is 10.4 Å². The third-order valence-electron chi connectivity index (χ3n) is 2.39. The van der Waals surface area contributed by atoms with Crippen LogP contribution in [0.5, 0.6) is 5.75 Å². The smallest absolute Gasteiger partial charge is 0.123 e. The van der Waals surface area contributed by atoms with Crippen molar-refractivity contribution in [1.82, 2.24) is 10.3 Å². The second-order valence-electron chi connectivity index (χ2n) is 3.70. The Morgan fingerprint density at radius 1 is 1.18 bits per heavy atom. The van der Waals surface area contributed by atoms with E-state index >= 15 is 0 Å². The maximum absolute atomic E-state index is 12.9. The molecule has 0 amide bonds. The molecule has 0 saturated heterocycles. The summed E-state index contributed by atoms with van der Waals surface area (Å²) in [4.78, 5) is 4.15. The van der Waals surface area contributed by atoms with Gasteiger partial charge in [-0.1, -0.05) is 6.07 Å². The molecule has 0 aliphatic rings. The molecule has 2 rings (SSSR count). The number of aromatic hydroxyl groups is 1. The van der Waals surface area contributed by atoms with Gasteiger partial charge in [0.05, 0.1) is 5.69 Å². The van der Waals surface area contributed by atoms with E-state index in [1.165, 1.54) is 18.2 Å². The number of phenols is 1. The summed E-state index contributed by atoms with van der Waals surface area (Å²) in [6, 6.07) is 9.56. The lowest BCUT2D eigenvalue weighted by Crippen LogP contribution is -2.13. The molecule has 0 aliphatic carbocycles. The van der Waals surface area contributed by atoms with Crippen LogP contribution >= 0.6 is 0 Å². The van der Waals surface area contributed by atoms with Crippen LogP contribution in [0.1, 0.15) is 11.3 Å². The number of rotatable bonds is 4. The predicted molar refractivity (Wildman–Crippen MR) is 62.8 cm³/mol. The SMILES string of the molecule is Oc1ccc(F)cc1CNCc1ccccn1. The topological polar surface area (TPSA) is 45.1 Å². The van der Waals surface area contributed by atoms with E-state index in [0.717, 1.165) is 5.69 Å². The van der Waals surface area contributed by atoms with E-state index in [1.807, 2.05) is 18.2 Å². The van der Waals surface area contributed by atoms with E-state index in [1.54, 1.807) is 6.20 Å². The van der Waals surface area contributed by atoms with Crippen LogP contribution in [0.2, 0.25) is 0 Å². The van der Waals surface area contributed by atoms with E-state index in [0.29, 0.717) is 18.7 Å². The van der Waals surface area contributed by atoms with Gasteiger partial charge in [-0.05, 0) is 30.3 Å². The molecule has 0 atom stereocenters. The fraction of sp³-hybridized carbons (Fsp3) is 0.154. The minimum absolute atomic E-state index is 0.0971. The van der Waals surface area contributed by atoms with Crippen molar-refractivity contribution in [2.45, 2.75) is 13.1 Å². The molecule has 0 aliphatic heterocycles. The van der Waals surface area contributed by atoms with Crippen LogP contribution in [0.25, 0.3) is 0 Å². The molecule has 4 heteroatoms. The van der Waals surface area contributed by atoms with E-state index in [9.17, 15) is 9.50 Å². The zero-order valence-electron chi connectivity index (χ0n) is 9.23. The molecule has 17 heavy (non-hydrogen) atoms. The van der Waals surface area contributed by atoms with E-state index in [4.69, 9.17) is 0 Å². The first kappa shape index (κ1) is 11.5. The zero-order chi connectivity index (χ0) is 12.1. The molecule has 1 aromatic carbocycles. The highest BCUT2D eigenvalue weighted by molar-refractivity contribution is 5.32. The Morgan fingerprint density at radius 3 is 2.82 bits per heavy atom. The summed E-state index contributed by atoms with van der Waals surface area (Å²) < 4.78 is 12.9. The highest BCUT2D eigenvalue weighted by Crippen LogP contribution is 2.17. The Morgan fingerprint density at radius 2 is 2.06 bits per heavy atom. The first-order chi connectivity index (χ1) is 8.25. The second kappa shape index (κ2) is 5.41. The largest absolute Gasteiger partial charge is 0.508 e. The quantitative estimate of drug-likeness (QED) is 0.849. The lowest BCUT2D eigenvalue weighted by molar-refractivity contribution is 0.461. The average molecular weight is 232 g/mol. The Balaban J connectivity index is 1.92. The summed E-state index contributed by atoms with van der Waals surface area (Å²) in [6.07, 6.45) is 1.72. The molecule has 3 nitrogen and oxygen atoms in total.